The topological polar surface area (TPSA) is 70.9 Å². The van der Waals surface area contributed by atoms with E-state index in [4.69, 9.17) is 13.8 Å². The van der Waals surface area contributed by atoms with Crippen LogP contribution >= 0.6 is 7.60 Å². The minimum atomic E-state index is -3.48. The number of aryl methyl sites for hydroxylation is 1. The number of H-pyrrole nitrogens is 1. The van der Waals surface area contributed by atoms with Crippen molar-refractivity contribution in [3.63, 3.8) is 0 Å². The van der Waals surface area contributed by atoms with E-state index < -0.39 is 13.4 Å². The van der Waals surface area contributed by atoms with Crippen LogP contribution in [0.25, 0.3) is 0 Å². The quantitative estimate of drug-likeness (QED) is 0.675. The molecule has 0 bridgehead atoms. The Kier molecular flexibility index (Phi) is 7.00. The lowest BCUT2D eigenvalue weighted by Gasteiger charge is -2.25. The zero-order valence-corrected chi connectivity index (χ0v) is 16.0. The third-order valence-electron chi connectivity index (χ3n) is 3.60. The summed E-state index contributed by atoms with van der Waals surface area (Å²) in [5.74, 6) is 0.629. The minimum Gasteiger partial charge on any atom is -0.496 e. The number of nitrogens with one attached hydrogen (secondary N) is 2. The van der Waals surface area contributed by atoms with Crippen molar-refractivity contribution >= 4 is 13.4 Å². The van der Waals surface area contributed by atoms with Crippen LogP contribution in [0.1, 0.15) is 30.9 Å². The van der Waals surface area contributed by atoms with Crippen molar-refractivity contribution in [2.45, 2.75) is 26.6 Å². The van der Waals surface area contributed by atoms with Gasteiger partial charge in [0.15, 0.2) is 0 Å². The van der Waals surface area contributed by atoms with Gasteiger partial charge in [0.05, 0.1) is 31.6 Å². The zero-order valence-electron chi connectivity index (χ0n) is 15.1. The fourth-order valence-electron chi connectivity index (χ4n) is 2.58. The fourth-order valence-corrected chi connectivity index (χ4v) is 4.53. The number of hydrogen-bond donors (Lipinski definition) is 1. The zero-order chi connectivity index (χ0) is 18.3. The average Bonchev–Trinajstić information content (AvgIpc) is 2.60. The Balaban J connectivity index is 2.52. The molecule has 2 aromatic rings. The summed E-state index contributed by atoms with van der Waals surface area (Å²) < 4.78 is 30.1. The summed E-state index contributed by atoms with van der Waals surface area (Å²) in [6.45, 7) is 6.10. The van der Waals surface area contributed by atoms with E-state index in [-0.39, 0.29) is 13.2 Å². The summed E-state index contributed by atoms with van der Waals surface area (Å²) >= 11 is 0. The Morgan fingerprint density at radius 2 is 1.76 bits per heavy atom. The van der Waals surface area contributed by atoms with Crippen LogP contribution in [-0.2, 0) is 13.6 Å². The predicted octanol–water partition coefficient (Wildman–Crippen LogP) is 4.19. The molecule has 1 atom stereocenters. The van der Waals surface area contributed by atoms with Crippen molar-refractivity contribution in [2.24, 2.45) is 0 Å². The molecule has 6 nitrogen and oxygen atoms in total. The smallest absolute Gasteiger partial charge is 0.379 e. The van der Waals surface area contributed by atoms with Crippen LogP contribution in [0.3, 0.4) is 0 Å². The number of aromatic nitrogens is 1. The molecule has 0 aliphatic rings. The molecule has 1 aromatic heterocycles. The molecule has 25 heavy (non-hydrogen) atoms. The summed E-state index contributed by atoms with van der Waals surface area (Å²) in [5.41, 5.74) is 1.69. The van der Waals surface area contributed by atoms with E-state index in [0.717, 1.165) is 11.5 Å². The number of aromatic amines is 1. The van der Waals surface area contributed by atoms with E-state index in [2.05, 4.69) is 10.3 Å². The Morgan fingerprint density at radius 1 is 1.08 bits per heavy atom. The van der Waals surface area contributed by atoms with Gasteiger partial charge in [0, 0.05) is 6.07 Å². The molecule has 0 amide bonds. The lowest BCUT2D eigenvalue weighted by Crippen LogP contribution is -2.22. The monoisotopic (exact) mass is 365 g/mol. The first-order chi connectivity index (χ1) is 12.0. The Labute approximate surface area is 149 Å². The van der Waals surface area contributed by atoms with Gasteiger partial charge >= 0.3 is 7.60 Å². The molecule has 2 N–H and O–H groups in total. The number of benzene rings is 1. The highest BCUT2D eigenvalue weighted by Crippen LogP contribution is 2.61. The Bertz CT molecular complexity index is 729. The van der Waals surface area contributed by atoms with Crippen LogP contribution in [0.2, 0.25) is 0 Å². The Hall–Kier alpha value is -1.88. The minimum absolute atomic E-state index is 0.280. The van der Waals surface area contributed by atoms with Gasteiger partial charge in [-0.25, -0.2) is 4.98 Å². The first kappa shape index (κ1) is 19.4. The highest BCUT2D eigenvalue weighted by atomic mass is 31.2. The van der Waals surface area contributed by atoms with Gasteiger partial charge in [-0.15, -0.1) is 0 Å². The van der Waals surface area contributed by atoms with E-state index in [1.807, 2.05) is 49.4 Å². The van der Waals surface area contributed by atoms with Gasteiger partial charge in [-0.3, -0.25) is 9.88 Å². The molecule has 0 spiro atoms. The summed E-state index contributed by atoms with van der Waals surface area (Å²) in [6, 6.07) is 13.2. The molecule has 7 heteroatoms. The van der Waals surface area contributed by atoms with Gasteiger partial charge < -0.3 is 13.8 Å². The number of anilines is 1. The van der Waals surface area contributed by atoms with Crippen LogP contribution in [0, 0.1) is 6.92 Å². The number of hydrogen-bond acceptors (Lipinski definition) is 5. The van der Waals surface area contributed by atoms with Crippen molar-refractivity contribution in [3.8, 4) is 5.75 Å². The van der Waals surface area contributed by atoms with E-state index in [0.29, 0.717) is 11.3 Å². The third-order valence-corrected chi connectivity index (χ3v) is 5.88. The largest absolute Gasteiger partial charge is 0.496 e. The molecule has 1 heterocycles. The molecular weight excluding hydrogens is 339 g/mol. The molecule has 136 valence electrons. The van der Waals surface area contributed by atoms with Gasteiger partial charge in [0.25, 0.3) is 5.82 Å². The molecule has 1 aromatic carbocycles. The van der Waals surface area contributed by atoms with Crippen molar-refractivity contribution in [1.29, 1.82) is 0 Å². The van der Waals surface area contributed by atoms with Crippen LogP contribution in [0.15, 0.2) is 42.5 Å². The lowest BCUT2D eigenvalue weighted by molar-refractivity contribution is -0.371. The van der Waals surface area contributed by atoms with E-state index in [1.165, 1.54) is 0 Å². The number of pyridine rings is 1. The molecule has 0 unspecified atom stereocenters. The average molecular weight is 365 g/mol. The molecule has 0 saturated heterocycles. The van der Waals surface area contributed by atoms with Crippen molar-refractivity contribution < 1.29 is 23.3 Å². The number of methoxy groups -OCH3 is 1. The molecule has 2 rings (SSSR count). The van der Waals surface area contributed by atoms with E-state index in [1.54, 1.807) is 21.0 Å². The first-order valence-electron chi connectivity index (χ1n) is 8.31. The van der Waals surface area contributed by atoms with Gasteiger partial charge in [0.1, 0.15) is 5.75 Å². The van der Waals surface area contributed by atoms with Crippen molar-refractivity contribution in [1.82, 2.24) is 0 Å². The van der Waals surface area contributed by atoms with Crippen LogP contribution in [0.5, 0.6) is 5.75 Å². The molecule has 0 aliphatic heterocycles. The molecular formula is C18H26N2O4P+. The lowest BCUT2D eigenvalue weighted by atomic mass is 10.2. The predicted molar refractivity (Wildman–Crippen MR) is 98.0 cm³/mol. The van der Waals surface area contributed by atoms with E-state index >= 15 is 0 Å². The highest BCUT2D eigenvalue weighted by Gasteiger charge is 2.42. The number of ether oxygens (including phenoxy) is 1. The van der Waals surface area contributed by atoms with Gasteiger partial charge in [-0.2, -0.15) is 0 Å². The van der Waals surface area contributed by atoms with Crippen LogP contribution in [0.4, 0.5) is 5.82 Å². The van der Waals surface area contributed by atoms with E-state index in [9.17, 15) is 4.57 Å². The summed E-state index contributed by atoms with van der Waals surface area (Å²) in [4.78, 5) is 3.22. The van der Waals surface area contributed by atoms with Gasteiger partial charge in [-0.05, 0) is 32.9 Å². The summed E-state index contributed by atoms with van der Waals surface area (Å²) in [5, 5.41) is 3.27. The molecule has 0 aliphatic carbocycles. The molecule has 0 radical (unpaired) electrons. The van der Waals surface area contributed by atoms with Crippen molar-refractivity contribution in [3.05, 3.63) is 53.7 Å². The summed E-state index contributed by atoms with van der Waals surface area (Å²) in [7, 11) is -1.90. The third kappa shape index (κ3) is 4.82. The highest BCUT2D eigenvalue weighted by molar-refractivity contribution is 7.54. The number of rotatable bonds is 9. The second-order valence-electron chi connectivity index (χ2n) is 5.41. The van der Waals surface area contributed by atoms with Gasteiger partial charge in [0.2, 0.25) is 5.78 Å². The molecule has 0 saturated carbocycles. The SMILES string of the molecule is CCOP(=O)(OCC)[C@@H](Nc1cccc(C)[nH+]1)c1ccccc1OC. The normalized spacial score (nSPS) is 12.6. The maximum Gasteiger partial charge on any atom is 0.379 e. The standard InChI is InChI=1S/C18H25N2O4P/c1-5-23-25(21,24-6-2)18(15-11-7-8-12-16(15)22-4)20-17-13-9-10-14(3)19-17/h7-13,18H,5-6H2,1-4H3,(H,19,20)/p+1/t18-/m1/s1. The molecule has 0 fully saturated rings. The van der Waals surface area contributed by atoms with Crippen LogP contribution < -0.4 is 15.0 Å². The Morgan fingerprint density at radius 3 is 2.36 bits per heavy atom. The van der Waals surface area contributed by atoms with Crippen LogP contribution in [-0.4, -0.2) is 20.3 Å². The first-order valence-corrected chi connectivity index (χ1v) is 9.92. The summed E-state index contributed by atoms with van der Waals surface area (Å²) in [6.07, 6.45) is 0. The fraction of sp³-hybridized carbons (Fsp3) is 0.389. The maximum atomic E-state index is 13.5. The van der Waals surface area contributed by atoms with Gasteiger partial charge in [-0.1, -0.05) is 24.3 Å². The second kappa shape index (κ2) is 8.99. The number of para-hydroxylation sites is 1. The van der Waals surface area contributed by atoms with Crippen molar-refractivity contribution in [2.75, 3.05) is 25.6 Å². The second-order valence-corrected chi connectivity index (χ2v) is 7.52. The maximum absolute atomic E-state index is 13.5.